The van der Waals surface area contributed by atoms with Gasteiger partial charge < -0.3 is 24.8 Å². The Labute approximate surface area is 228 Å². The average molecular weight is 540 g/mol. The summed E-state index contributed by atoms with van der Waals surface area (Å²) in [6.45, 7) is 7.64. The first-order chi connectivity index (χ1) is 18.4. The summed E-state index contributed by atoms with van der Waals surface area (Å²) in [5.74, 6) is 0.944. The number of imidazole rings is 1. The zero-order valence-electron chi connectivity index (χ0n) is 22.9. The fraction of sp³-hybridized carbons (Fsp3) is 0.357. The maximum atomic E-state index is 12.8. The minimum absolute atomic E-state index is 0.314. The smallest absolute Gasteiger partial charge is 0.248 e. The van der Waals surface area contributed by atoms with E-state index in [9.17, 15) is 4.79 Å². The van der Waals surface area contributed by atoms with Crippen molar-refractivity contribution < 1.29 is 19.0 Å². The van der Waals surface area contributed by atoms with Crippen LogP contribution in [-0.4, -0.2) is 68.2 Å². The minimum atomic E-state index is -0.314. The molecule has 1 amide bonds. The molecule has 3 rings (SSSR count). The van der Waals surface area contributed by atoms with Crippen LogP contribution in [0.4, 0.5) is 5.69 Å². The van der Waals surface area contributed by atoms with E-state index in [1.165, 1.54) is 26.0 Å². The summed E-state index contributed by atoms with van der Waals surface area (Å²) < 4.78 is 18.3. The van der Waals surface area contributed by atoms with Crippen molar-refractivity contribution >= 4 is 27.9 Å². The Morgan fingerprint density at radius 3 is 2.63 bits per heavy atom. The summed E-state index contributed by atoms with van der Waals surface area (Å²) in [6, 6.07) is 7.63. The van der Waals surface area contributed by atoms with Crippen LogP contribution >= 0.6 is 11.3 Å². The molecule has 0 atom stereocenters. The van der Waals surface area contributed by atoms with E-state index in [0.717, 1.165) is 42.4 Å². The fourth-order valence-corrected chi connectivity index (χ4v) is 4.78. The topological polar surface area (TPSA) is 89.4 Å². The second kappa shape index (κ2) is 14.4. The molecule has 0 aliphatic rings. The van der Waals surface area contributed by atoms with Crippen LogP contribution in [0.5, 0.6) is 0 Å². The Balaban J connectivity index is 1.80. The number of amides is 1. The van der Waals surface area contributed by atoms with Crippen LogP contribution < -0.4 is 10.6 Å². The molecule has 0 fully saturated rings. The molecule has 1 aromatic carbocycles. The number of likely N-dealkylation sites (N-methyl/N-ethyl adjacent to an activating group) is 2. The second-order valence-electron chi connectivity index (χ2n) is 8.42. The molecule has 10 heteroatoms. The van der Waals surface area contributed by atoms with E-state index < -0.39 is 0 Å². The number of anilines is 1. The maximum Gasteiger partial charge on any atom is 0.248 e. The van der Waals surface area contributed by atoms with Crippen LogP contribution in [0.25, 0.3) is 16.2 Å². The predicted octanol–water partition coefficient (Wildman–Crippen LogP) is 4.65. The number of allylic oxidation sites excluding steroid dienone is 2. The first kappa shape index (κ1) is 29.0. The van der Waals surface area contributed by atoms with E-state index in [-0.39, 0.29) is 5.91 Å². The van der Waals surface area contributed by atoms with Crippen molar-refractivity contribution in [3.05, 3.63) is 77.0 Å². The normalized spacial score (nSPS) is 12.8. The monoisotopic (exact) mass is 539 g/mol. The van der Waals surface area contributed by atoms with Crippen LogP contribution in [0.2, 0.25) is 0 Å². The summed E-state index contributed by atoms with van der Waals surface area (Å²) in [7, 11) is 6.68. The van der Waals surface area contributed by atoms with Gasteiger partial charge in [-0.1, -0.05) is 25.1 Å². The van der Waals surface area contributed by atoms with Crippen LogP contribution in [-0.2, 0) is 25.5 Å². The third kappa shape index (κ3) is 7.25. The van der Waals surface area contributed by atoms with Crippen molar-refractivity contribution in [3.8, 4) is 11.3 Å². The van der Waals surface area contributed by atoms with E-state index in [0.29, 0.717) is 23.0 Å². The number of rotatable bonds is 14. The number of hydrogen-bond acceptors (Lipinski definition) is 8. The third-order valence-corrected chi connectivity index (χ3v) is 6.73. The van der Waals surface area contributed by atoms with Gasteiger partial charge in [0.05, 0.1) is 32.7 Å². The molecule has 0 saturated heterocycles. The van der Waals surface area contributed by atoms with E-state index in [1.807, 2.05) is 37.4 Å². The Hall–Kier alpha value is -3.60. The van der Waals surface area contributed by atoms with E-state index >= 15 is 0 Å². The number of nitrogens with one attached hydrogen (secondary N) is 2. The van der Waals surface area contributed by atoms with Crippen molar-refractivity contribution in [2.75, 3.05) is 53.3 Å². The third-order valence-electron chi connectivity index (χ3n) is 5.84. The number of hydrogen-bond donors (Lipinski definition) is 2. The number of benzene rings is 1. The first-order valence-corrected chi connectivity index (χ1v) is 13.3. The number of nitrogens with zero attached hydrogens (tertiary/aromatic N) is 3. The Morgan fingerprint density at radius 1 is 1.16 bits per heavy atom. The van der Waals surface area contributed by atoms with Crippen molar-refractivity contribution in [2.24, 2.45) is 0 Å². The van der Waals surface area contributed by atoms with Crippen molar-refractivity contribution in [1.82, 2.24) is 19.6 Å². The fourth-order valence-electron chi connectivity index (χ4n) is 3.92. The summed E-state index contributed by atoms with van der Waals surface area (Å²) in [4.78, 5) is 20.9. The molecular weight excluding hydrogens is 502 g/mol. The molecule has 0 bridgehead atoms. The molecule has 3 aromatic rings. The van der Waals surface area contributed by atoms with Gasteiger partial charge in [0.1, 0.15) is 0 Å². The van der Waals surface area contributed by atoms with E-state index in [2.05, 4.69) is 39.3 Å². The highest BCUT2D eigenvalue weighted by atomic mass is 32.1. The van der Waals surface area contributed by atoms with Gasteiger partial charge in [-0.15, -0.1) is 11.3 Å². The summed E-state index contributed by atoms with van der Waals surface area (Å²) in [6.07, 6.45) is 6.72. The van der Waals surface area contributed by atoms with Gasteiger partial charge in [-0.2, -0.15) is 0 Å². The molecule has 0 radical (unpaired) electrons. The first-order valence-electron chi connectivity index (χ1n) is 12.4. The van der Waals surface area contributed by atoms with Gasteiger partial charge in [-0.05, 0) is 38.7 Å². The van der Waals surface area contributed by atoms with E-state index in [4.69, 9.17) is 19.2 Å². The van der Waals surface area contributed by atoms with Gasteiger partial charge in [0, 0.05) is 48.5 Å². The number of para-hydroxylation sites is 1. The van der Waals surface area contributed by atoms with Crippen molar-refractivity contribution in [3.63, 3.8) is 0 Å². The number of thiazole rings is 1. The molecule has 2 aromatic heterocycles. The molecule has 0 aliphatic carbocycles. The van der Waals surface area contributed by atoms with Crippen LogP contribution in [0.1, 0.15) is 19.5 Å². The van der Waals surface area contributed by atoms with Gasteiger partial charge >= 0.3 is 0 Å². The molecule has 38 heavy (non-hydrogen) atoms. The highest BCUT2D eigenvalue weighted by Gasteiger charge is 2.15. The quantitative estimate of drug-likeness (QED) is 0.133. The SMILES string of the molecule is CC=C(OC)C(OC)=C(C=CC(=O)Nc1ccccc1-c1cn2c(CN(C)CCNCC)csc2n1)OC. The zero-order valence-corrected chi connectivity index (χ0v) is 23.7. The lowest BCUT2D eigenvalue weighted by Gasteiger charge is -2.16. The van der Waals surface area contributed by atoms with Gasteiger partial charge in [0.15, 0.2) is 16.5 Å². The summed E-state index contributed by atoms with van der Waals surface area (Å²) in [5, 5.41) is 8.47. The van der Waals surface area contributed by atoms with Crippen LogP contribution in [0.15, 0.2) is 71.3 Å². The van der Waals surface area contributed by atoms with Crippen LogP contribution in [0.3, 0.4) is 0 Å². The van der Waals surface area contributed by atoms with Crippen LogP contribution in [0, 0.1) is 0 Å². The van der Waals surface area contributed by atoms with Gasteiger partial charge in [0.25, 0.3) is 0 Å². The minimum Gasteiger partial charge on any atom is -0.493 e. The Bertz CT molecular complexity index is 1310. The lowest BCUT2D eigenvalue weighted by molar-refractivity contribution is -0.111. The molecule has 2 heterocycles. The highest BCUT2D eigenvalue weighted by Crippen LogP contribution is 2.30. The molecule has 2 N–H and O–H groups in total. The van der Waals surface area contributed by atoms with Crippen molar-refractivity contribution in [2.45, 2.75) is 20.4 Å². The maximum absolute atomic E-state index is 12.8. The highest BCUT2D eigenvalue weighted by molar-refractivity contribution is 7.15. The van der Waals surface area contributed by atoms with Gasteiger partial charge in [-0.3, -0.25) is 14.1 Å². The number of methoxy groups -OCH3 is 3. The average Bonchev–Trinajstić information content (AvgIpc) is 3.50. The Kier molecular flexibility index (Phi) is 11.0. The number of carbonyl (C=O) groups excluding carboxylic acids is 1. The zero-order chi connectivity index (χ0) is 27.5. The lowest BCUT2D eigenvalue weighted by atomic mass is 10.1. The molecule has 0 aliphatic heterocycles. The standard InChI is InChI=1S/C28H37N5O4S/c1-7-24(35-4)27(37-6)25(36-5)13-14-26(34)30-22-12-10-9-11-21(22)23-18-33-20(19-38-28(33)31-23)17-32(3)16-15-29-8-2/h7,9-14,18-19,29H,8,15-17H2,1-6H3,(H,30,34). The largest absolute Gasteiger partial charge is 0.493 e. The molecule has 0 saturated carbocycles. The number of fused-ring (bicyclic) bond motifs is 1. The van der Waals surface area contributed by atoms with Gasteiger partial charge in [-0.25, -0.2) is 4.98 Å². The molecule has 0 spiro atoms. The molecule has 204 valence electrons. The number of ether oxygens (including phenoxy) is 3. The molecular formula is C28H37N5O4S. The lowest BCUT2D eigenvalue weighted by Crippen LogP contribution is -2.29. The second-order valence-corrected chi connectivity index (χ2v) is 9.26. The Morgan fingerprint density at radius 2 is 1.95 bits per heavy atom. The number of aromatic nitrogens is 2. The van der Waals surface area contributed by atoms with Gasteiger partial charge in [0.2, 0.25) is 11.7 Å². The summed E-state index contributed by atoms with van der Waals surface area (Å²) >= 11 is 1.61. The number of carbonyl (C=O) groups is 1. The van der Waals surface area contributed by atoms with E-state index in [1.54, 1.807) is 30.6 Å². The predicted molar refractivity (Wildman–Crippen MR) is 153 cm³/mol. The molecule has 9 nitrogen and oxygen atoms in total. The summed E-state index contributed by atoms with van der Waals surface area (Å²) in [5.41, 5.74) is 3.48. The molecule has 0 unspecified atom stereocenters. The van der Waals surface area contributed by atoms with Crippen molar-refractivity contribution in [1.29, 1.82) is 0 Å².